The van der Waals surface area contributed by atoms with Crippen LogP contribution in [0.4, 0.5) is 0 Å². The minimum atomic E-state index is 0.669. The van der Waals surface area contributed by atoms with Crippen molar-refractivity contribution in [1.29, 1.82) is 0 Å². The highest BCUT2D eigenvalue weighted by atomic mass is 35.5. The zero-order valence-corrected chi connectivity index (χ0v) is 19.9. The van der Waals surface area contributed by atoms with Gasteiger partial charge in [0.25, 0.3) is 0 Å². The summed E-state index contributed by atoms with van der Waals surface area (Å²) in [5.74, 6) is 2.23. The summed E-state index contributed by atoms with van der Waals surface area (Å²) in [4.78, 5) is 8.92. The number of thiazole rings is 1. The molecule has 3 aromatic heterocycles. The first kappa shape index (κ1) is 21.6. The summed E-state index contributed by atoms with van der Waals surface area (Å²) >= 11 is 9.32. The molecular weight excluding hydrogens is 474 g/mol. The maximum atomic E-state index is 6.11. The van der Waals surface area contributed by atoms with Gasteiger partial charge in [0.2, 0.25) is 0 Å². The molecule has 33 heavy (non-hydrogen) atoms. The van der Waals surface area contributed by atoms with Gasteiger partial charge in [0.1, 0.15) is 10.8 Å². The first-order chi connectivity index (χ1) is 16.2. The van der Waals surface area contributed by atoms with E-state index in [4.69, 9.17) is 21.3 Å². The monoisotopic (exact) mass is 491 g/mol. The van der Waals surface area contributed by atoms with Crippen molar-refractivity contribution in [2.45, 2.75) is 10.9 Å². The predicted octanol–water partition coefficient (Wildman–Crippen LogP) is 6.41. The van der Waals surface area contributed by atoms with Crippen molar-refractivity contribution >= 4 is 34.7 Å². The molecule has 9 heteroatoms. The SMILES string of the molecule is COc1cccc(-c2nc(CSc3nnc(-c4ccncc4)n3-c3ccc(Cl)cc3)cs2)c1. The van der Waals surface area contributed by atoms with Crippen molar-refractivity contribution in [1.82, 2.24) is 24.7 Å². The fraction of sp³-hybridized carbons (Fsp3) is 0.0833. The standard InChI is InChI=1S/C24H18ClN5OS2/c1-31-21-4-2-3-17(13-21)23-27-19(14-32-23)15-33-24-29-28-22(16-9-11-26-12-10-16)30(24)20-7-5-18(25)6-8-20/h2-14H,15H2,1H3. The van der Waals surface area contributed by atoms with Gasteiger partial charge in [0.15, 0.2) is 11.0 Å². The topological polar surface area (TPSA) is 65.7 Å². The average Bonchev–Trinajstić information content (AvgIpc) is 3.51. The number of hydrogen-bond acceptors (Lipinski definition) is 7. The third-order valence-electron chi connectivity index (χ3n) is 4.87. The fourth-order valence-electron chi connectivity index (χ4n) is 3.27. The number of thioether (sulfide) groups is 1. The van der Waals surface area contributed by atoms with E-state index < -0.39 is 0 Å². The molecule has 0 bridgehead atoms. The first-order valence-electron chi connectivity index (χ1n) is 10.0. The molecule has 0 fully saturated rings. The zero-order chi connectivity index (χ0) is 22.6. The molecule has 0 saturated carbocycles. The minimum absolute atomic E-state index is 0.669. The Morgan fingerprint density at radius 2 is 1.82 bits per heavy atom. The Hall–Kier alpha value is -3.20. The molecule has 5 rings (SSSR count). The molecule has 0 atom stereocenters. The third-order valence-corrected chi connectivity index (χ3v) is 7.03. The highest BCUT2D eigenvalue weighted by Crippen LogP contribution is 2.32. The summed E-state index contributed by atoms with van der Waals surface area (Å²) in [6, 6.07) is 19.4. The summed E-state index contributed by atoms with van der Waals surface area (Å²) < 4.78 is 7.37. The summed E-state index contributed by atoms with van der Waals surface area (Å²) in [5.41, 5.74) is 3.90. The Bertz CT molecular complexity index is 1370. The molecule has 0 radical (unpaired) electrons. The highest BCUT2D eigenvalue weighted by Gasteiger charge is 2.17. The van der Waals surface area contributed by atoms with E-state index in [1.807, 2.05) is 65.2 Å². The lowest BCUT2D eigenvalue weighted by Gasteiger charge is -2.10. The van der Waals surface area contributed by atoms with Gasteiger partial charge in [-0.05, 0) is 48.5 Å². The zero-order valence-electron chi connectivity index (χ0n) is 17.6. The molecule has 2 aromatic carbocycles. The van der Waals surface area contributed by atoms with Crippen LogP contribution in [-0.4, -0.2) is 31.8 Å². The van der Waals surface area contributed by atoms with Gasteiger partial charge in [-0.3, -0.25) is 9.55 Å². The molecule has 0 aliphatic heterocycles. The maximum Gasteiger partial charge on any atom is 0.196 e. The van der Waals surface area contributed by atoms with Gasteiger partial charge in [0, 0.05) is 45.4 Å². The molecule has 6 nitrogen and oxygen atoms in total. The van der Waals surface area contributed by atoms with Crippen LogP contribution in [0.5, 0.6) is 5.75 Å². The Morgan fingerprint density at radius 1 is 1.00 bits per heavy atom. The van der Waals surface area contributed by atoms with Gasteiger partial charge in [-0.15, -0.1) is 21.5 Å². The van der Waals surface area contributed by atoms with Gasteiger partial charge in [-0.1, -0.05) is 35.5 Å². The van der Waals surface area contributed by atoms with Crippen LogP contribution in [0.25, 0.3) is 27.6 Å². The molecule has 0 N–H and O–H groups in total. The number of rotatable bonds is 7. The van der Waals surface area contributed by atoms with E-state index in [-0.39, 0.29) is 0 Å². The normalized spacial score (nSPS) is 11.0. The number of nitrogens with zero attached hydrogens (tertiary/aromatic N) is 5. The summed E-state index contributed by atoms with van der Waals surface area (Å²) in [6.45, 7) is 0. The number of hydrogen-bond donors (Lipinski definition) is 0. The lowest BCUT2D eigenvalue weighted by Crippen LogP contribution is -2.00. The van der Waals surface area contributed by atoms with Crippen molar-refractivity contribution in [3.8, 4) is 33.4 Å². The van der Waals surface area contributed by atoms with Crippen LogP contribution in [0.3, 0.4) is 0 Å². The molecule has 0 spiro atoms. The van der Waals surface area contributed by atoms with Gasteiger partial charge in [-0.2, -0.15) is 0 Å². The smallest absolute Gasteiger partial charge is 0.196 e. The van der Waals surface area contributed by atoms with Crippen molar-refractivity contribution in [3.63, 3.8) is 0 Å². The van der Waals surface area contributed by atoms with Crippen LogP contribution in [0, 0.1) is 0 Å². The molecular formula is C24H18ClN5OS2. The number of halogens is 1. The van der Waals surface area contributed by atoms with Crippen LogP contribution in [0.15, 0.2) is 83.6 Å². The van der Waals surface area contributed by atoms with Gasteiger partial charge >= 0.3 is 0 Å². The molecule has 3 heterocycles. The van der Waals surface area contributed by atoms with Gasteiger partial charge < -0.3 is 4.74 Å². The fourth-order valence-corrected chi connectivity index (χ4v) is 5.17. The lowest BCUT2D eigenvalue weighted by atomic mass is 10.2. The van der Waals surface area contributed by atoms with E-state index in [0.29, 0.717) is 10.8 Å². The molecule has 164 valence electrons. The molecule has 0 aliphatic rings. The second-order valence-electron chi connectivity index (χ2n) is 7.02. The first-order valence-corrected chi connectivity index (χ1v) is 12.3. The molecule has 0 unspecified atom stereocenters. The van der Waals surface area contributed by atoms with Crippen molar-refractivity contribution in [2.75, 3.05) is 7.11 Å². The Balaban J connectivity index is 1.43. The van der Waals surface area contributed by atoms with E-state index in [1.54, 1.807) is 42.6 Å². The summed E-state index contributed by atoms with van der Waals surface area (Å²) in [7, 11) is 1.67. The molecule has 0 saturated heterocycles. The van der Waals surface area contributed by atoms with Crippen molar-refractivity contribution in [2.24, 2.45) is 0 Å². The third kappa shape index (κ3) is 4.78. The van der Waals surface area contributed by atoms with Crippen LogP contribution in [0.2, 0.25) is 5.02 Å². The van der Waals surface area contributed by atoms with Crippen molar-refractivity contribution < 1.29 is 4.74 Å². The van der Waals surface area contributed by atoms with Crippen LogP contribution < -0.4 is 4.74 Å². The van der Waals surface area contributed by atoms with Crippen LogP contribution in [0.1, 0.15) is 5.69 Å². The molecule has 0 aliphatic carbocycles. The van der Waals surface area contributed by atoms with E-state index in [2.05, 4.69) is 20.6 Å². The number of pyridine rings is 1. The largest absolute Gasteiger partial charge is 0.497 e. The van der Waals surface area contributed by atoms with E-state index >= 15 is 0 Å². The molecule has 0 amide bonds. The predicted molar refractivity (Wildman–Crippen MR) is 133 cm³/mol. The summed E-state index contributed by atoms with van der Waals surface area (Å²) in [5, 5.41) is 13.4. The second kappa shape index (κ2) is 9.74. The summed E-state index contributed by atoms with van der Waals surface area (Å²) in [6.07, 6.45) is 3.50. The Labute approximate surface area is 204 Å². The number of ether oxygens (including phenoxy) is 1. The number of benzene rings is 2. The average molecular weight is 492 g/mol. The molecule has 5 aromatic rings. The number of aromatic nitrogens is 5. The van der Waals surface area contributed by atoms with E-state index in [9.17, 15) is 0 Å². The maximum absolute atomic E-state index is 6.11. The second-order valence-corrected chi connectivity index (χ2v) is 9.26. The van der Waals surface area contributed by atoms with Crippen molar-refractivity contribution in [3.05, 3.63) is 89.2 Å². The lowest BCUT2D eigenvalue weighted by molar-refractivity contribution is 0.415. The van der Waals surface area contributed by atoms with Crippen LogP contribution >= 0.6 is 34.7 Å². The van der Waals surface area contributed by atoms with E-state index in [0.717, 1.165) is 44.2 Å². The Kier molecular flexibility index (Phi) is 6.39. The van der Waals surface area contributed by atoms with Gasteiger partial charge in [0.05, 0.1) is 12.8 Å². The quantitative estimate of drug-likeness (QED) is 0.245. The van der Waals surface area contributed by atoms with E-state index in [1.165, 1.54) is 0 Å². The highest BCUT2D eigenvalue weighted by molar-refractivity contribution is 7.98. The Morgan fingerprint density at radius 3 is 2.61 bits per heavy atom. The minimum Gasteiger partial charge on any atom is -0.497 e. The van der Waals surface area contributed by atoms with Crippen LogP contribution in [-0.2, 0) is 5.75 Å². The van der Waals surface area contributed by atoms with Gasteiger partial charge in [-0.25, -0.2) is 4.98 Å². The number of methoxy groups -OCH3 is 1.